The minimum atomic E-state index is -3.84. The van der Waals surface area contributed by atoms with Crippen molar-refractivity contribution in [2.45, 2.75) is 19.4 Å². The van der Waals surface area contributed by atoms with Gasteiger partial charge in [-0.1, -0.05) is 0 Å². The molecule has 110 valence electrons. The van der Waals surface area contributed by atoms with Crippen LogP contribution in [0.3, 0.4) is 0 Å². The maximum absolute atomic E-state index is 11.5. The lowest BCUT2D eigenvalue weighted by Gasteiger charge is -2.28. The molecule has 0 rings (SSSR count). The molecule has 0 aromatic heterocycles. The van der Waals surface area contributed by atoms with E-state index in [9.17, 15) is 14.6 Å². The predicted molar refractivity (Wildman–Crippen MR) is 68.4 cm³/mol. The summed E-state index contributed by atoms with van der Waals surface area (Å²) in [6.07, 6.45) is -0.766. The van der Waals surface area contributed by atoms with Crippen LogP contribution in [0.4, 0.5) is 0 Å². The summed E-state index contributed by atoms with van der Waals surface area (Å²) in [5.41, 5.74) is 0. The van der Waals surface area contributed by atoms with Gasteiger partial charge in [0.05, 0.1) is 33.9 Å². The molecule has 1 N–H and O–H groups in total. The van der Waals surface area contributed by atoms with Gasteiger partial charge in [-0.25, -0.2) is 0 Å². The van der Waals surface area contributed by atoms with Gasteiger partial charge in [-0.3, -0.25) is 0 Å². The summed E-state index contributed by atoms with van der Waals surface area (Å²) in [6.45, 7) is 3.28. The standard InChI is InChI=1S/C11H26NO5P/c1-5-16-10-11(13)6-9-18(14,15)17-8-7-12(2,3)4/h11,13H,5-10H2,1-4H3/t11-/m0/s1. The quantitative estimate of drug-likeness (QED) is 0.453. The van der Waals surface area contributed by atoms with Gasteiger partial charge in [-0.2, -0.15) is 0 Å². The van der Waals surface area contributed by atoms with E-state index in [1.165, 1.54) is 0 Å². The van der Waals surface area contributed by atoms with Crippen LogP contribution in [0, 0.1) is 0 Å². The molecule has 0 heterocycles. The zero-order chi connectivity index (χ0) is 14.2. The lowest BCUT2D eigenvalue weighted by molar-refractivity contribution is -0.870. The number of hydrogen-bond acceptors (Lipinski definition) is 5. The van der Waals surface area contributed by atoms with Crippen LogP contribution in [0.1, 0.15) is 13.3 Å². The van der Waals surface area contributed by atoms with Gasteiger partial charge in [0.25, 0.3) is 0 Å². The third kappa shape index (κ3) is 11.1. The van der Waals surface area contributed by atoms with Crippen molar-refractivity contribution in [3.05, 3.63) is 0 Å². The maximum atomic E-state index is 11.5. The van der Waals surface area contributed by atoms with E-state index in [2.05, 4.69) is 0 Å². The van der Waals surface area contributed by atoms with Crippen molar-refractivity contribution in [2.24, 2.45) is 0 Å². The van der Waals surface area contributed by atoms with Gasteiger partial charge in [-0.15, -0.1) is 0 Å². The van der Waals surface area contributed by atoms with E-state index in [0.717, 1.165) is 0 Å². The van der Waals surface area contributed by atoms with Crippen LogP contribution in [0.5, 0.6) is 0 Å². The molecule has 7 heteroatoms. The molecule has 18 heavy (non-hydrogen) atoms. The van der Waals surface area contributed by atoms with Crippen LogP contribution in [-0.2, 0) is 13.8 Å². The smallest absolute Gasteiger partial charge is 0.135 e. The summed E-state index contributed by atoms with van der Waals surface area (Å²) >= 11 is 0. The number of aliphatic hydroxyl groups excluding tert-OH is 1. The highest BCUT2D eigenvalue weighted by Crippen LogP contribution is 2.37. The summed E-state index contributed by atoms with van der Waals surface area (Å²) in [4.78, 5) is 11.5. The Hall–Kier alpha value is 0.0300. The Balaban J connectivity index is 3.83. The van der Waals surface area contributed by atoms with Crippen molar-refractivity contribution in [3.63, 3.8) is 0 Å². The molecule has 0 aromatic rings. The van der Waals surface area contributed by atoms with Crippen molar-refractivity contribution in [1.82, 2.24) is 0 Å². The molecule has 0 radical (unpaired) electrons. The number of quaternary nitrogens is 1. The largest absolute Gasteiger partial charge is 0.778 e. The number of rotatable bonds is 10. The molecule has 0 fully saturated rings. The average Bonchev–Trinajstić information content (AvgIpc) is 2.21. The van der Waals surface area contributed by atoms with Gasteiger partial charge in [0, 0.05) is 12.8 Å². The highest BCUT2D eigenvalue weighted by molar-refractivity contribution is 7.51. The Kier molecular flexibility index (Phi) is 8.26. The molecule has 6 nitrogen and oxygen atoms in total. The topological polar surface area (TPSA) is 78.8 Å². The van der Waals surface area contributed by atoms with Crippen molar-refractivity contribution >= 4 is 7.60 Å². The molecule has 0 bridgehead atoms. The number of aliphatic hydroxyl groups is 1. The normalized spacial score (nSPS) is 17.4. The highest BCUT2D eigenvalue weighted by atomic mass is 31.2. The molecule has 1 unspecified atom stereocenters. The van der Waals surface area contributed by atoms with Gasteiger partial charge < -0.3 is 28.3 Å². The molecule has 0 saturated heterocycles. The molecule has 0 aliphatic carbocycles. The molecule has 0 amide bonds. The van der Waals surface area contributed by atoms with Gasteiger partial charge in [0.1, 0.15) is 20.7 Å². The fourth-order valence-corrected chi connectivity index (χ4v) is 2.27. The summed E-state index contributed by atoms with van der Waals surface area (Å²) in [5.74, 6) is 0. The monoisotopic (exact) mass is 283 g/mol. The minimum absolute atomic E-state index is 0.144. The minimum Gasteiger partial charge on any atom is -0.778 e. The molecule has 0 aliphatic rings. The van der Waals surface area contributed by atoms with E-state index in [1.54, 1.807) is 0 Å². The second kappa shape index (κ2) is 8.25. The molecule has 0 spiro atoms. The second-order valence-electron chi connectivity index (χ2n) is 5.28. The van der Waals surface area contributed by atoms with Gasteiger partial charge in [0.15, 0.2) is 0 Å². The van der Waals surface area contributed by atoms with Crippen molar-refractivity contribution in [3.8, 4) is 0 Å². The predicted octanol–water partition coefficient (Wildman–Crippen LogP) is 0.0501. The summed E-state index contributed by atoms with van der Waals surface area (Å²) in [6, 6.07) is 0. The first kappa shape index (κ1) is 18.0. The second-order valence-corrected chi connectivity index (χ2v) is 7.21. The number of ether oxygens (including phenoxy) is 1. The SMILES string of the molecule is CCOC[C@@H](O)CCP(=O)([O-])OCC[N+](C)(C)C. The number of likely N-dealkylation sites (N-methyl/N-ethyl adjacent to an activating group) is 1. The lowest BCUT2D eigenvalue weighted by Crippen LogP contribution is -2.37. The lowest BCUT2D eigenvalue weighted by atomic mass is 10.3. The van der Waals surface area contributed by atoms with Gasteiger partial charge in [0.2, 0.25) is 0 Å². The fraction of sp³-hybridized carbons (Fsp3) is 1.00. The first-order chi connectivity index (χ1) is 8.16. The van der Waals surface area contributed by atoms with E-state index in [-0.39, 0.29) is 25.8 Å². The van der Waals surface area contributed by atoms with Gasteiger partial charge in [-0.05, 0) is 13.3 Å². The molecular formula is C11H26NO5P. The van der Waals surface area contributed by atoms with Crippen LogP contribution < -0.4 is 4.89 Å². The van der Waals surface area contributed by atoms with E-state index >= 15 is 0 Å². The maximum Gasteiger partial charge on any atom is 0.135 e. The number of nitrogens with zero attached hydrogens (tertiary/aromatic N) is 1. The van der Waals surface area contributed by atoms with E-state index in [0.29, 0.717) is 17.6 Å². The van der Waals surface area contributed by atoms with Crippen LogP contribution in [0.25, 0.3) is 0 Å². The van der Waals surface area contributed by atoms with Crippen LogP contribution in [0.15, 0.2) is 0 Å². The fourth-order valence-electron chi connectivity index (χ4n) is 1.16. The zero-order valence-corrected chi connectivity index (χ0v) is 12.7. The average molecular weight is 283 g/mol. The van der Waals surface area contributed by atoms with E-state index in [1.807, 2.05) is 28.1 Å². The van der Waals surface area contributed by atoms with Gasteiger partial charge >= 0.3 is 0 Å². The molecule has 2 atom stereocenters. The Bertz CT molecular complexity index is 267. The molecule has 0 saturated carbocycles. The Morgan fingerprint density at radius 3 is 2.50 bits per heavy atom. The third-order valence-electron chi connectivity index (χ3n) is 2.30. The first-order valence-corrected chi connectivity index (χ1v) is 7.90. The first-order valence-electron chi connectivity index (χ1n) is 6.17. The van der Waals surface area contributed by atoms with E-state index < -0.39 is 13.7 Å². The van der Waals surface area contributed by atoms with Crippen LogP contribution in [-0.4, -0.2) is 69.4 Å². The van der Waals surface area contributed by atoms with Crippen LogP contribution >= 0.6 is 7.60 Å². The zero-order valence-electron chi connectivity index (χ0n) is 11.8. The summed E-state index contributed by atoms with van der Waals surface area (Å²) < 4.78 is 22.1. The van der Waals surface area contributed by atoms with Crippen molar-refractivity contribution in [2.75, 3.05) is 53.7 Å². The molecule has 0 aliphatic heterocycles. The Morgan fingerprint density at radius 1 is 1.39 bits per heavy atom. The number of hydrogen-bond donors (Lipinski definition) is 1. The summed E-state index contributed by atoms with van der Waals surface area (Å²) in [5, 5.41) is 9.45. The van der Waals surface area contributed by atoms with Crippen LogP contribution in [0.2, 0.25) is 0 Å². The highest BCUT2D eigenvalue weighted by Gasteiger charge is 2.14. The Labute approximate surface area is 110 Å². The van der Waals surface area contributed by atoms with Crippen molar-refractivity contribution in [1.29, 1.82) is 0 Å². The Morgan fingerprint density at radius 2 is 2.00 bits per heavy atom. The van der Waals surface area contributed by atoms with Crippen molar-refractivity contribution < 1.29 is 28.3 Å². The summed E-state index contributed by atoms with van der Waals surface area (Å²) in [7, 11) is 2.05. The third-order valence-corrected chi connectivity index (χ3v) is 3.68. The van der Waals surface area contributed by atoms with E-state index in [4.69, 9.17) is 9.26 Å². The molecular weight excluding hydrogens is 257 g/mol. The molecule has 0 aromatic carbocycles.